The van der Waals surface area contributed by atoms with Gasteiger partial charge in [0.2, 0.25) is 0 Å². The second kappa shape index (κ2) is 3.26. The number of nitrogens with one attached hydrogen (secondary N) is 1. The Morgan fingerprint density at radius 3 is 2.93 bits per heavy atom. The van der Waals surface area contributed by atoms with Crippen LogP contribution in [0.3, 0.4) is 0 Å². The van der Waals surface area contributed by atoms with Gasteiger partial charge in [0.05, 0.1) is 11.2 Å². The van der Waals surface area contributed by atoms with Crippen molar-refractivity contribution in [3.05, 3.63) is 33.8 Å². The summed E-state index contributed by atoms with van der Waals surface area (Å²) in [5.74, 6) is 0.419. The minimum absolute atomic E-state index is 0.215. The van der Waals surface area contributed by atoms with Crippen molar-refractivity contribution in [3.8, 4) is 11.5 Å². The number of nitrogens with zero attached hydrogens (tertiary/aromatic N) is 3. The van der Waals surface area contributed by atoms with Gasteiger partial charge in [0, 0.05) is 19.3 Å². The number of halogens is 1. The van der Waals surface area contributed by atoms with Gasteiger partial charge in [0.25, 0.3) is 5.56 Å². The van der Waals surface area contributed by atoms with Crippen LogP contribution in [0.25, 0.3) is 11.5 Å². The highest BCUT2D eigenvalue weighted by atomic mass is 35.5. The first-order valence-electron chi connectivity index (χ1n) is 3.91. The van der Waals surface area contributed by atoms with E-state index >= 15 is 0 Å². The van der Waals surface area contributed by atoms with Crippen molar-refractivity contribution in [1.82, 2.24) is 19.7 Å². The summed E-state index contributed by atoms with van der Waals surface area (Å²) in [4.78, 5) is 17.6. The predicted molar refractivity (Wildman–Crippen MR) is 52.1 cm³/mol. The van der Waals surface area contributed by atoms with Crippen LogP contribution in [0.1, 0.15) is 0 Å². The normalized spacial score (nSPS) is 10.4. The molecule has 2 rings (SSSR count). The van der Waals surface area contributed by atoms with Crippen LogP contribution < -0.4 is 5.56 Å². The zero-order chi connectivity index (χ0) is 10.1. The molecule has 0 spiro atoms. The average molecular weight is 211 g/mol. The highest BCUT2D eigenvalue weighted by Crippen LogP contribution is 2.22. The summed E-state index contributed by atoms with van der Waals surface area (Å²) in [6.07, 6.45) is 2.93. The molecular formula is C8H7ClN4O. The van der Waals surface area contributed by atoms with Gasteiger partial charge in [-0.25, -0.2) is 4.98 Å². The van der Waals surface area contributed by atoms with Crippen LogP contribution in [0, 0.1) is 0 Å². The van der Waals surface area contributed by atoms with E-state index < -0.39 is 0 Å². The van der Waals surface area contributed by atoms with Crippen LogP contribution in [0.5, 0.6) is 0 Å². The Bertz CT molecular complexity index is 497. The van der Waals surface area contributed by atoms with Crippen LogP contribution in [-0.4, -0.2) is 19.7 Å². The maximum Gasteiger partial charge on any atom is 0.251 e. The first kappa shape index (κ1) is 8.96. The molecule has 0 aliphatic heterocycles. The van der Waals surface area contributed by atoms with Gasteiger partial charge in [0.15, 0.2) is 5.82 Å². The van der Waals surface area contributed by atoms with E-state index in [4.69, 9.17) is 11.6 Å². The molecule has 72 valence electrons. The topological polar surface area (TPSA) is 63.6 Å². The highest BCUT2D eigenvalue weighted by Gasteiger charge is 2.10. The fraction of sp³-hybridized carbons (Fsp3) is 0.125. The summed E-state index contributed by atoms with van der Waals surface area (Å²) < 4.78 is 1.56. The number of hydrogen-bond donors (Lipinski definition) is 1. The molecule has 2 heterocycles. The Morgan fingerprint density at radius 2 is 2.36 bits per heavy atom. The smallest absolute Gasteiger partial charge is 0.251 e. The molecule has 6 heteroatoms. The first-order valence-corrected chi connectivity index (χ1v) is 4.29. The lowest BCUT2D eigenvalue weighted by Crippen LogP contribution is -2.08. The first-order chi connectivity index (χ1) is 6.68. The van der Waals surface area contributed by atoms with Gasteiger partial charge >= 0.3 is 0 Å². The third-order valence-electron chi connectivity index (χ3n) is 1.79. The molecular weight excluding hydrogens is 204 g/mol. The number of aromatic nitrogens is 4. The number of rotatable bonds is 1. The number of aryl methyl sites for hydroxylation is 1. The molecule has 0 radical (unpaired) electrons. The molecule has 0 aromatic carbocycles. The van der Waals surface area contributed by atoms with Crippen LogP contribution in [0.4, 0.5) is 0 Å². The third kappa shape index (κ3) is 1.42. The van der Waals surface area contributed by atoms with Gasteiger partial charge < -0.3 is 4.98 Å². The Morgan fingerprint density at radius 1 is 1.57 bits per heavy atom. The zero-order valence-electron chi connectivity index (χ0n) is 7.36. The van der Waals surface area contributed by atoms with Crippen LogP contribution in [0.2, 0.25) is 5.02 Å². The van der Waals surface area contributed by atoms with Gasteiger partial charge in [-0.1, -0.05) is 11.6 Å². The van der Waals surface area contributed by atoms with Crippen molar-refractivity contribution in [3.63, 3.8) is 0 Å². The van der Waals surface area contributed by atoms with E-state index in [1.165, 1.54) is 18.5 Å². The lowest BCUT2D eigenvalue weighted by molar-refractivity contribution is 0.769. The van der Waals surface area contributed by atoms with Crippen LogP contribution in [-0.2, 0) is 7.05 Å². The monoisotopic (exact) mass is 210 g/mol. The van der Waals surface area contributed by atoms with Crippen molar-refractivity contribution in [1.29, 1.82) is 0 Å². The molecule has 0 fully saturated rings. The van der Waals surface area contributed by atoms with E-state index in [1.54, 1.807) is 11.7 Å². The minimum atomic E-state index is -0.215. The molecule has 2 aromatic rings. The molecule has 14 heavy (non-hydrogen) atoms. The molecule has 0 saturated carbocycles. The molecule has 0 aliphatic carbocycles. The maximum absolute atomic E-state index is 11.0. The van der Waals surface area contributed by atoms with E-state index in [-0.39, 0.29) is 5.56 Å². The highest BCUT2D eigenvalue weighted by molar-refractivity contribution is 6.32. The molecule has 0 unspecified atom stereocenters. The van der Waals surface area contributed by atoms with Gasteiger partial charge in [-0.15, -0.1) is 0 Å². The van der Waals surface area contributed by atoms with E-state index in [9.17, 15) is 4.79 Å². The van der Waals surface area contributed by atoms with Crippen molar-refractivity contribution < 1.29 is 0 Å². The minimum Gasteiger partial charge on any atom is -0.305 e. The maximum atomic E-state index is 11.0. The number of H-pyrrole nitrogens is 1. The fourth-order valence-electron chi connectivity index (χ4n) is 1.17. The SMILES string of the molecule is Cn1ncc(Cl)c1-c1nccc(=O)[nH]1. The van der Waals surface area contributed by atoms with E-state index in [0.29, 0.717) is 16.5 Å². The van der Waals surface area contributed by atoms with Gasteiger partial charge in [-0.3, -0.25) is 9.48 Å². The van der Waals surface area contributed by atoms with Crippen LogP contribution in [0.15, 0.2) is 23.3 Å². The third-order valence-corrected chi connectivity index (χ3v) is 2.07. The second-order valence-electron chi connectivity index (χ2n) is 2.75. The molecule has 5 nitrogen and oxygen atoms in total. The van der Waals surface area contributed by atoms with Crippen molar-refractivity contribution in [2.24, 2.45) is 7.05 Å². The standard InChI is InChI=1S/C8H7ClN4O/c1-13-7(5(9)4-11-13)8-10-3-2-6(14)12-8/h2-4H,1H3,(H,10,12,14). The van der Waals surface area contributed by atoms with E-state index in [2.05, 4.69) is 15.1 Å². The quantitative estimate of drug-likeness (QED) is 0.758. The molecule has 2 aromatic heterocycles. The summed E-state index contributed by atoms with van der Waals surface area (Å²) in [6.45, 7) is 0. The Kier molecular flexibility index (Phi) is 2.09. The molecule has 0 amide bonds. The zero-order valence-corrected chi connectivity index (χ0v) is 8.12. The lowest BCUT2D eigenvalue weighted by atomic mass is 10.4. The van der Waals surface area contributed by atoms with Crippen molar-refractivity contribution in [2.75, 3.05) is 0 Å². The van der Waals surface area contributed by atoms with Gasteiger partial charge in [0.1, 0.15) is 5.69 Å². The lowest BCUT2D eigenvalue weighted by Gasteiger charge is -2.00. The summed E-state index contributed by atoms with van der Waals surface area (Å²) >= 11 is 5.89. The summed E-state index contributed by atoms with van der Waals surface area (Å²) in [7, 11) is 1.73. The molecule has 1 N–H and O–H groups in total. The van der Waals surface area contributed by atoms with Crippen molar-refractivity contribution >= 4 is 11.6 Å². The van der Waals surface area contributed by atoms with Gasteiger partial charge in [-0.2, -0.15) is 5.10 Å². The number of hydrogen-bond acceptors (Lipinski definition) is 3. The van der Waals surface area contributed by atoms with E-state index in [0.717, 1.165) is 0 Å². The predicted octanol–water partition coefficient (Wildman–Crippen LogP) is 0.824. The Hall–Kier alpha value is -1.62. The van der Waals surface area contributed by atoms with Gasteiger partial charge in [-0.05, 0) is 0 Å². The van der Waals surface area contributed by atoms with Crippen LogP contribution >= 0.6 is 11.6 Å². The molecule has 0 saturated heterocycles. The molecule has 0 bridgehead atoms. The van der Waals surface area contributed by atoms with Crippen molar-refractivity contribution in [2.45, 2.75) is 0 Å². The summed E-state index contributed by atoms with van der Waals surface area (Å²) in [5.41, 5.74) is 0.386. The second-order valence-corrected chi connectivity index (χ2v) is 3.15. The number of aromatic amines is 1. The Balaban J connectivity index is 2.65. The largest absolute Gasteiger partial charge is 0.305 e. The molecule has 0 atom stereocenters. The van der Waals surface area contributed by atoms with E-state index in [1.807, 2.05) is 0 Å². The summed E-state index contributed by atoms with van der Waals surface area (Å²) in [6, 6.07) is 1.34. The summed E-state index contributed by atoms with van der Waals surface area (Å²) in [5, 5.41) is 4.40. The Labute approximate surface area is 84.4 Å². The molecule has 0 aliphatic rings. The average Bonchev–Trinajstić information content (AvgIpc) is 2.46. The fourth-order valence-corrected chi connectivity index (χ4v) is 1.42.